The van der Waals surface area contributed by atoms with Gasteiger partial charge in [-0.3, -0.25) is 14.5 Å². The second kappa shape index (κ2) is 8.00. The van der Waals surface area contributed by atoms with Crippen LogP contribution in [0.25, 0.3) is 0 Å². The lowest BCUT2D eigenvalue weighted by atomic mass is 9.79. The van der Waals surface area contributed by atoms with Crippen LogP contribution in [0.4, 0.5) is 0 Å². The Kier molecular flexibility index (Phi) is 5.81. The van der Waals surface area contributed by atoms with Crippen molar-refractivity contribution >= 4 is 17.8 Å². The Hall–Kier alpha value is -2.65. The van der Waals surface area contributed by atoms with Crippen molar-refractivity contribution in [2.75, 3.05) is 34.0 Å². The maximum absolute atomic E-state index is 13.1. The van der Waals surface area contributed by atoms with Crippen LogP contribution in [0.15, 0.2) is 18.2 Å². The predicted molar refractivity (Wildman–Crippen MR) is 100 cm³/mol. The second-order valence-electron chi connectivity index (χ2n) is 7.14. The fraction of sp³-hybridized carbons (Fsp3) is 0.550. The molecule has 9 nitrogen and oxygen atoms in total. The third-order valence-electron chi connectivity index (χ3n) is 5.89. The van der Waals surface area contributed by atoms with Gasteiger partial charge in [-0.15, -0.1) is 0 Å². The summed E-state index contributed by atoms with van der Waals surface area (Å²) in [5, 5.41) is 11.8. The SMILES string of the molecule is CCOC(=O)[C@]1(CO)[NH2+][C@H](c2cc(OC)ccc2OC)[C@H]2C(=O)N(CC)C(=O)[C@@H]21. The number of carbonyl (C=O) groups excluding carboxylic acids is 3. The highest BCUT2D eigenvalue weighted by Gasteiger charge is 2.72. The van der Waals surface area contributed by atoms with E-state index in [2.05, 4.69) is 0 Å². The number of nitrogens with zero attached hydrogens (tertiary/aromatic N) is 1. The number of fused-ring (bicyclic) bond motifs is 1. The monoisotopic (exact) mass is 407 g/mol. The molecule has 2 saturated heterocycles. The smallest absolute Gasteiger partial charge is 0.371 e. The summed E-state index contributed by atoms with van der Waals surface area (Å²) in [5.41, 5.74) is -0.989. The number of imide groups is 1. The fourth-order valence-electron chi connectivity index (χ4n) is 4.55. The zero-order valence-corrected chi connectivity index (χ0v) is 17.0. The first-order valence-corrected chi connectivity index (χ1v) is 9.61. The van der Waals surface area contributed by atoms with E-state index < -0.39 is 41.9 Å². The fourth-order valence-corrected chi connectivity index (χ4v) is 4.55. The van der Waals surface area contributed by atoms with Gasteiger partial charge in [0.05, 0.1) is 26.4 Å². The van der Waals surface area contributed by atoms with Gasteiger partial charge in [0.1, 0.15) is 36.0 Å². The molecular weight excluding hydrogens is 380 g/mol. The van der Waals surface area contributed by atoms with Crippen molar-refractivity contribution < 1.29 is 39.0 Å². The molecule has 4 atom stereocenters. The summed E-state index contributed by atoms with van der Waals surface area (Å²) < 4.78 is 16.0. The number of aliphatic hydroxyl groups is 1. The predicted octanol–water partition coefficient (Wildman–Crippen LogP) is -0.763. The van der Waals surface area contributed by atoms with Crippen LogP contribution in [0.1, 0.15) is 25.5 Å². The third kappa shape index (κ3) is 3.05. The van der Waals surface area contributed by atoms with Gasteiger partial charge < -0.3 is 24.6 Å². The average Bonchev–Trinajstić information content (AvgIpc) is 3.21. The van der Waals surface area contributed by atoms with Crippen molar-refractivity contribution in [2.24, 2.45) is 11.8 Å². The second-order valence-corrected chi connectivity index (χ2v) is 7.14. The Morgan fingerprint density at radius 2 is 1.93 bits per heavy atom. The number of esters is 1. The molecule has 158 valence electrons. The molecular formula is C20H27N2O7+. The van der Waals surface area contributed by atoms with Crippen molar-refractivity contribution in [3.8, 4) is 11.5 Å². The molecule has 1 aromatic carbocycles. The van der Waals surface area contributed by atoms with E-state index in [1.807, 2.05) is 0 Å². The van der Waals surface area contributed by atoms with E-state index in [9.17, 15) is 19.5 Å². The van der Waals surface area contributed by atoms with Crippen molar-refractivity contribution in [1.29, 1.82) is 0 Å². The Labute approximate surface area is 168 Å². The lowest BCUT2D eigenvalue weighted by Crippen LogP contribution is -2.99. The van der Waals surface area contributed by atoms with Gasteiger partial charge in [-0.25, -0.2) is 4.79 Å². The molecule has 29 heavy (non-hydrogen) atoms. The molecule has 2 heterocycles. The van der Waals surface area contributed by atoms with Crippen molar-refractivity contribution in [3.05, 3.63) is 23.8 Å². The van der Waals surface area contributed by atoms with Gasteiger partial charge >= 0.3 is 5.97 Å². The topological polar surface area (TPSA) is 119 Å². The Balaban J connectivity index is 2.18. The number of likely N-dealkylation sites (tertiary alicyclic amines) is 1. The minimum absolute atomic E-state index is 0.0958. The van der Waals surface area contributed by atoms with E-state index in [0.29, 0.717) is 17.1 Å². The van der Waals surface area contributed by atoms with Crippen molar-refractivity contribution in [1.82, 2.24) is 4.90 Å². The number of benzene rings is 1. The van der Waals surface area contributed by atoms with Crippen LogP contribution >= 0.6 is 0 Å². The summed E-state index contributed by atoms with van der Waals surface area (Å²) in [6, 6.07) is 4.52. The first kappa shape index (κ1) is 21.1. The summed E-state index contributed by atoms with van der Waals surface area (Å²) in [6.45, 7) is 3.01. The first-order chi connectivity index (χ1) is 13.9. The van der Waals surface area contributed by atoms with E-state index in [0.717, 1.165) is 4.90 Å². The number of nitrogens with two attached hydrogens (primary N) is 1. The molecule has 0 unspecified atom stereocenters. The van der Waals surface area contributed by atoms with Crippen LogP contribution in [-0.4, -0.2) is 67.3 Å². The summed E-state index contributed by atoms with van der Waals surface area (Å²) in [4.78, 5) is 40.2. The highest BCUT2D eigenvalue weighted by molar-refractivity contribution is 6.08. The molecule has 2 aliphatic heterocycles. The van der Waals surface area contributed by atoms with Gasteiger partial charge in [0.25, 0.3) is 0 Å². The number of carbonyl (C=O) groups is 3. The van der Waals surface area contributed by atoms with E-state index in [1.54, 1.807) is 37.4 Å². The van der Waals surface area contributed by atoms with E-state index in [4.69, 9.17) is 14.2 Å². The van der Waals surface area contributed by atoms with Gasteiger partial charge in [-0.2, -0.15) is 0 Å². The number of hydrogen-bond acceptors (Lipinski definition) is 7. The van der Waals surface area contributed by atoms with Crippen molar-refractivity contribution in [2.45, 2.75) is 25.4 Å². The molecule has 3 N–H and O–H groups in total. The molecule has 2 amide bonds. The molecule has 0 aliphatic carbocycles. The van der Waals surface area contributed by atoms with Gasteiger partial charge in [0.2, 0.25) is 17.4 Å². The van der Waals surface area contributed by atoms with Crippen LogP contribution in [0.2, 0.25) is 0 Å². The molecule has 0 bridgehead atoms. The zero-order valence-electron chi connectivity index (χ0n) is 17.0. The number of hydrogen-bond donors (Lipinski definition) is 2. The number of amides is 2. The van der Waals surface area contributed by atoms with E-state index in [1.165, 1.54) is 14.2 Å². The lowest BCUT2D eigenvalue weighted by molar-refractivity contribution is -0.735. The maximum Gasteiger partial charge on any atom is 0.371 e. The van der Waals surface area contributed by atoms with E-state index in [-0.39, 0.29) is 19.1 Å². The number of quaternary nitrogens is 1. The quantitative estimate of drug-likeness (QED) is 0.450. The molecule has 0 radical (unpaired) electrons. The normalized spacial score (nSPS) is 28.4. The van der Waals surface area contributed by atoms with Crippen LogP contribution < -0.4 is 14.8 Å². The molecule has 0 aromatic heterocycles. The van der Waals surface area contributed by atoms with Gasteiger partial charge in [-0.05, 0) is 32.0 Å². The number of rotatable bonds is 7. The number of aliphatic hydroxyl groups excluding tert-OH is 1. The Morgan fingerprint density at radius 3 is 2.48 bits per heavy atom. The van der Waals surface area contributed by atoms with Crippen LogP contribution in [0, 0.1) is 11.8 Å². The molecule has 3 rings (SSSR count). The lowest BCUT2D eigenvalue weighted by Gasteiger charge is -2.27. The van der Waals surface area contributed by atoms with Gasteiger partial charge in [0, 0.05) is 6.54 Å². The first-order valence-electron chi connectivity index (χ1n) is 9.61. The highest BCUT2D eigenvalue weighted by atomic mass is 16.5. The largest absolute Gasteiger partial charge is 0.497 e. The molecule has 0 saturated carbocycles. The van der Waals surface area contributed by atoms with Crippen LogP contribution in [0.5, 0.6) is 11.5 Å². The molecule has 9 heteroatoms. The summed E-state index contributed by atoms with van der Waals surface area (Å²) in [6.07, 6.45) is 0. The summed E-state index contributed by atoms with van der Waals surface area (Å²) in [7, 11) is 3.02. The molecule has 0 spiro atoms. The minimum Gasteiger partial charge on any atom is -0.497 e. The molecule has 1 aromatic rings. The Morgan fingerprint density at radius 1 is 1.21 bits per heavy atom. The minimum atomic E-state index is -1.60. The van der Waals surface area contributed by atoms with Crippen LogP contribution in [0.3, 0.4) is 0 Å². The zero-order chi connectivity index (χ0) is 21.3. The number of ether oxygens (including phenoxy) is 3. The van der Waals surface area contributed by atoms with Gasteiger partial charge in [0.15, 0.2) is 0 Å². The summed E-state index contributed by atoms with van der Waals surface area (Å²) in [5.74, 6) is -2.36. The van der Waals surface area contributed by atoms with Crippen LogP contribution in [-0.2, 0) is 19.1 Å². The van der Waals surface area contributed by atoms with E-state index >= 15 is 0 Å². The van der Waals surface area contributed by atoms with Gasteiger partial charge in [-0.1, -0.05) is 0 Å². The molecule has 2 fully saturated rings. The standard InChI is InChI=1S/C20H26N2O7/c1-5-22-17(24)14-15(18(22)25)20(10-23,19(26)29-6-2)21-16(14)12-9-11(27-3)7-8-13(12)28-4/h7-9,14-16,21,23H,5-6,10H2,1-4H3/p+1/t14-,15+,16+,20+/m0/s1. The van der Waals surface area contributed by atoms with Crippen molar-refractivity contribution in [3.63, 3.8) is 0 Å². The summed E-state index contributed by atoms with van der Waals surface area (Å²) >= 11 is 0. The maximum atomic E-state index is 13.1. The average molecular weight is 407 g/mol. The Bertz CT molecular complexity index is 827. The number of methoxy groups -OCH3 is 2. The highest BCUT2D eigenvalue weighted by Crippen LogP contribution is 2.46. The third-order valence-corrected chi connectivity index (χ3v) is 5.89. The molecule has 2 aliphatic rings.